The Bertz CT molecular complexity index is 938. The Balaban J connectivity index is 1.47. The summed E-state index contributed by atoms with van der Waals surface area (Å²) >= 11 is 0. The number of fused-ring (bicyclic) bond motifs is 2. The molecule has 1 N–H and O–H groups in total. The van der Waals surface area contributed by atoms with E-state index < -0.39 is 33.3 Å². The van der Waals surface area contributed by atoms with Gasteiger partial charge in [-0.1, -0.05) is 13.8 Å². The van der Waals surface area contributed by atoms with Gasteiger partial charge in [-0.05, 0) is 37.5 Å². The molecule has 174 valence electrons. The Morgan fingerprint density at radius 3 is 2.35 bits per heavy atom. The molecule has 11 heteroatoms. The van der Waals surface area contributed by atoms with Gasteiger partial charge < -0.3 is 10.0 Å². The van der Waals surface area contributed by atoms with Gasteiger partial charge in [0.2, 0.25) is 16.0 Å². The van der Waals surface area contributed by atoms with Gasteiger partial charge in [0.05, 0.1) is 17.4 Å². The molecule has 2 saturated carbocycles. The molecule has 4 rings (SSSR count). The van der Waals surface area contributed by atoms with Crippen molar-refractivity contribution in [2.75, 3.05) is 30.3 Å². The average molecular weight is 463 g/mol. The van der Waals surface area contributed by atoms with Crippen LogP contribution < -0.4 is 4.90 Å². The predicted octanol–water partition coefficient (Wildman–Crippen LogP) is 2.52. The number of aliphatic hydroxyl groups excluding tert-OH is 1. The van der Waals surface area contributed by atoms with Crippen LogP contribution in [0, 0.1) is 16.7 Å². The standard InChI is InChI=1S/C20H29F3N4O3S/c1-13-11-26(6-7-27(13)17-24-9-15(10-25-17)20(21,22)23)31(29,30)12-19-5-4-14(8-16(19)28)18(19,2)3/h9-10,13-14,16,28H,4-8,11-12H2,1-3H3/t13-,14-,16?,19+/m0/s1. The third kappa shape index (κ3) is 3.62. The van der Waals surface area contributed by atoms with Crippen LogP contribution in [0.25, 0.3) is 0 Å². The first kappa shape index (κ1) is 22.7. The van der Waals surface area contributed by atoms with E-state index in [1.54, 1.807) is 11.8 Å². The van der Waals surface area contributed by atoms with Gasteiger partial charge in [-0.3, -0.25) is 0 Å². The normalized spacial score (nSPS) is 33.8. The highest BCUT2D eigenvalue weighted by atomic mass is 32.2. The molecule has 3 fully saturated rings. The molecular weight excluding hydrogens is 433 g/mol. The molecule has 3 aliphatic rings. The Hall–Kier alpha value is -1.46. The number of rotatable bonds is 4. The fraction of sp³-hybridized carbons (Fsp3) is 0.800. The van der Waals surface area contributed by atoms with E-state index in [0.29, 0.717) is 18.8 Å². The number of sulfonamides is 1. The van der Waals surface area contributed by atoms with Gasteiger partial charge in [0.1, 0.15) is 0 Å². The first-order valence-corrected chi connectivity index (χ1v) is 12.2. The number of aliphatic hydroxyl groups is 1. The molecule has 1 aromatic rings. The van der Waals surface area contributed by atoms with Crippen molar-refractivity contribution in [3.8, 4) is 0 Å². The van der Waals surface area contributed by atoms with Crippen molar-refractivity contribution in [1.29, 1.82) is 0 Å². The molecule has 2 heterocycles. The number of hydrogen-bond donors (Lipinski definition) is 1. The summed E-state index contributed by atoms with van der Waals surface area (Å²) < 4.78 is 66.4. The maximum absolute atomic E-state index is 13.3. The van der Waals surface area contributed by atoms with Gasteiger partial charge in [0.25, 0.3) is 0 Å². The zero-order valence-corrected chi connectivity index (χ0v) is 18.7. The van der Waals surface area contributed by atoms with Gasteiger partial charge >= 0.3 is 6.18 Å². The van der Waals surface area contributed by atoms with Crippen molar-refractivity contribution in [3.63, 3.8) is 0 Å². The van der Waals surface area contributed by atoms with E-state index in [1.165, 1.54) is 4.31 Å². The lowest BCUT2D eigenvalue weighted by Gasteiger charge is -2.43. The maximum Gasteiger partial charge on any atom is 0.419 e. The molecule has 0 aromatic carbocycles. The van der Waals surface area contributed by atoms with E-state index in [9.17, 15) is 26.7 Å². The minimum Gasteiger partial charge on any atom is -0.392 e. The van der Waals surface area contributed by atoms with E-state index in [2.05, 4.69) is 23.8 Å². The smallest absolute Gasteiger partial charge is 0.392 e. The third-order valence-electron chi connectivity index (χ3n) is 8.03. The minimum absolute atomic E-state index is 0.0752. The van der Waals surface area contributed by atoms with Crippen molar-refractivity contribution in [2.45, 2.75) is 58.4 Å². The summed E-state index contributed by atoms with van der Waals surface area (Å²) in [6.45, 7) is 6.63. The van der Waals surface area contributed by atoms with Crippen molar-refractivity contribution in [2.24, 2.45) is 16.7 Å². The van der Waals surface area contributed by atoms with Crippen LogP contribution in [0.1, 0.15) is 45.6 Å². The van der Waals surface area contributed by atoms with Crippen LogP contribution in [0.5, 0.6) is 0 Å². The lowest BCUT2D eigenvalue weighted by Crippen LogP contribution is -2.56. The third-order valence-corrected chi connectivity index (χ3v) is 10.0. The highest BCUT2D eigenvalue weighted by Gasteiger charge is 2.65. The number of halogens is 3. The quantitative estimate of drug-likeness (QED) is 0.740. The van der Waals surface area contributed by atoms with Gasteiger partial charge in [-0.25, -0.2) is 18.4 Å². The van der Waals surface area contributed by atoms with Gasteiger partial charge in [0, 0.05) is 43.5 Å². The molecular formula is C20H29F3N4O3S. The summed E-state index contributed by atoms with van der Waals surface area (Å²) in [5, 5.41) is 10.7. The second kappa shape index (κ2) is 7.28. The Labute approximate surface area is 180 Å². The summed E-state index contributed by atoms with van der Waals surface area (Å²) in [6.07, 6.45) is -1.33. The molecule has 0 spiro atoms. The van der Waals surface area contributed by atoms with Crippen molar-refractivity contribution < 1.29 is 26.7 Å². The molecule has 0 radical (unpaired) electrons. The molecule has 1 unspecified atom stereocenters. The fourth-order valence-electron chi connectivity index (χ4n) is 5.89. The molecule has 0 amide bonds. The maximum atomic E-state index is 13.3. The first-order chi connectivity index (χ1) is 14.3. The largest absolute Gasteiger partial charge is 0.419 e. The minimum atomic E-state index is -4.51. The molecule has 1 aromatic heterocycles. The van der Waals surface area contributed by atoms with Gasteiger partial charge in [0.15, 0.2) is 0 Å². The van der Waals surface area contributed by atoms with Crippen molar-refractivity contribution >= 4 is 16.0 Å². The van der Waals surface area contributed by atoms with Crippen LogP contribution in [0.15, 0.2) is 12.4 Å². The number of piperazine rings is 1. The highest BCUT2D eigenvalue weighted by Crippen LogP contribution is 2.66. The first-order valence-electron chi connectivity index (χ1n) is 10.6. The lowest BCUT2D eigenvalue weighted by atomic mass is 9.70. The van der Waals surface area contributed by atoms with Crippen LogP contribution in [0.4, 0.5) is 19.1 Å². The van der Waals surface area contributed by atoms with Crippen LogP contribution >= 0.6 is 0 Å². The average Bonchev–Trinajstić information content (AvgIpc) is 3.01. The fourth-order valence-corrected chi connectivity index (χ4v) is 8.23. The van der Waals surface area contributed by atoms with Crippen molar-refractivity contribution in [3.05, 3.63) is 18.0 Å². The molecule has 31 heavy (non-hydrogen) atoms. The molecule has 1 saturated heterocycles. The molecule has 4 atom stereocenters. The second-order valence-electron chi connectivity index (χ2n) is 9.79. The topological polar surface area (TPSA) is 86.6 Å². The van der Waals surface area contributed by atoms with Crippen LogP contribution in [-0.4, -0.2) is 65.3 Å². The summed E-state index contributed by atoms with van der Waals surface area (Å²) in [4.78, 5) is 9.41. The van der Waals surface area contributed by atoms with Gasteiger partial charge in [-0.2, -0.15) is 17.5 Å². The van der Waals surface area contributed by atoms with E-state index >= 15 is 0 Å². The highest BCUT2D eigenvalue weighted by molar-refractivity contribution is 7.89. The molecule has 1 aliphatic heterocycles. The SMILES string of the molecule is C[C@H]1CN(S(=O)(=O)C[C@]23CC[C@@H](CC2O)C3(C)C)CCN1c1ncc(C(F)(F)F)cn1. The summed E-state index contributed by atoms with van der Waals surface area (Å²) in [5.41, 5.74) is -1.79. The van der Waals surface area contributed by atoms with Crippen LogP contribution in [0.2, 0.25) is 0 Å². The number of anilines is 1. The zero-order valence-electron chi connectivity index (χ0n) is 17.9. The number of alkyl halides is 3. The summed E-state index contributed by atoms with van der Waals surface area (Å²) in [7, 11) is -3.62. The number of nitrogens with zero attached hydrogens (tertiary/aromatic N) is 4. The Morgan fingerprint density at radius 2 is 1.87 bits per heavy atom. The Morgan fingerprint density at radius 1 is 1.23 bits per heavy atom. The lowest BCUT2D eigenvalue weighted by molar-refractivity contribution is -0.138. The van der Waals surface area contributed by atoms with Crippen molar-refractivity contribution in [1.82, 2.24) is 14.3 Å². The molecule has 2 bridgehead atoms. The predicted molar refractivity (Wildman–Crippen MR) is 109 cm³/mol. The van der Waals surface area contributed by atoms with E-state index in [4.69, 9.17) is 0 Å². The number of aromatic nitrogens is 2. The second-order valence-corrected chi connectivity index (χ2v) is 11.8. The van der Waals surface area contributed by atoms with Crippen LogP contribution in [-0.2, 0) is 16.2 Å². The summed E-state index contributed by atoms with van der Waals surface area (Å²) in [6, 6.07) is -0.296. The van der Waals surface area contributed by atoms with E-state index in [0.717, 1.165) is 18.8 Å². The summed E-state index contributed by atoms with van der Waals surface area (Å²) in [5.74, 6) is 0.418. The van der Waals surface area contributed by atoms with Crippen LogP contribution in [0.3, 0.4) is 0 Å². The monoisotopic (exact) mass is 462 g/mol. The van der Waals surface area contributed by atoms with Gasteiger partial charge in [-0.15, -0.1) is 0 Å². The van der Waals surface area contributed by atoms with E-state index in [-0.39, 0.29) is 42.8 Å². The number of hydrogen-bond acceptors (Lipinski definition) is 6. The molecule has 2 aliphatic carbocycles. The molecule has 7 nitrogen and oxygen atoms in total. The zero-order chi connectivity index (χ0) is 22.8. The van der Waals surface area contributed by atoms with E-state index in [1.807, 2.05) is 0 Å². The Kier molecular flexibility index (Phi) is 5.33.